The van der Waals surface area contributed by atoms with E-state index in [0.717, 1.165) is 24.5 Å². The first-order valence-electron chi connectivity index (χ1n) is 6.62. The number of rotatable bonds is 3. The maximum atomic E-state index is 4.80. The largest absolute Gasteiger partial charge is 0.316 e. The zero-order valence-electron chi connectivity index (χ0n) is 10.6. The summed E-state index contributed by atoms with van der Waals surface area (Å²) in [7, 11) is 0. The van der Waals surface area contributed by atoms with E-state index < -0.39 is 0 Å². The summed E-state index contributed by atoms with van der Waals surface area (Å²) in [5.74, 6) is 0.616. The number of hydrogen-bond donors (Lipinski definition) is 1. The van der Waals surface area contributed by atoms with Crippen molar-refractivity contribution in [2.75, 3.05) is 13.1 Å². The maximum Gasteiger partial charge on any atom is 0.123 e. The van der Waals surface area contributed by atoms with E-state index in [9.17, 15) is 0 Å². The number of nitrogens with zero attached hydrogens (tertiary/aromatic N) is 1. The van der Waals surface area contributed by atoms with Crippen molar-refractivity contribution in [2.45, 2.75) is 25.7 Å². The van der Waals surface area contributed by atoms with E-state index in [0.29, 0.717) is 5.92 Å². The van der Waals surface area contributed by atoms with E-state index in [1.165, 1.54) is 23.2 Å². The highest BCUT2D eigenvalue weighted by molar-refractivity contribution is 7.13. The van der Waals surface area contributed by atoms with Crippen LogP contribution in [0.3, 0.4) is 0 Å². The number of aromatic nitrogens is 1. The number of hydrogen-bond acceptors (Lipinski definition) is 3. The molecule has 1 atom stereocenters. The first-order chi connectivity index (χ1) is 8.86. The van der Waals surface area contributed by atoms with E-state index in [1.54, 1.807) is 11.3 Å². The fourth-order valence-corrected chi connectivity index (χ4v) is 3.30. The van der Waals surface area contributed by atoms with Crippen LogP contribution >= 0.6 is 11.3 Å². The number of aryl methyl sites for hydroxylation is 1. The Labute approximate surface area is 112 Å². The van der Waals surface area contributed by atoms with Crippen molar-refractivity contribution in [3.63, 3.8) is 0 Å². The van der Waals surface area contributed by atoms with E-state index in [2.05, 4.69) is 41.9 Å². The van der Waals surface area contributed by atoms with E-state index >= 15 is 0 Å². The fraction of sp³-hybridized carbons (Fsp3) is 0.400. The van der Waals surface area contributed by atoms with Crippen molar-refractivity contribution in [1.82, 2.24) is 10.3 Å². The molecule has 3 rings (SSSR count). The van der Waals surface area contributed by atoms with Gasteiger partial charge in [-0.15, -0.1) is 11.3 Å². The highest BCUT2D eigenvalue weighted by Gasteiger charge is 2.19. The zero-order valence-corrected chi connectivity index (χ0v) is 11.5. The van der Waals surface area contributed by atoms with Crippen LogP contribution in [0.4, 0.5) is 0 Å². The summed E-state index contributed by atoms with van der Waals surface area (Å²) in [6, 6.07) is 8.78. The standard InChI is InChI=1S/C15H18N2S/c1-2-11-3-5-12(6-4-11)15-17-14(10-18-15)13-7-8-16-9-13/h3-6,10,13,16H,2,7-9H2,1H3. The lowest BCUT2D eigenvalue weighted by Gasteiger charge is -2.03. The minimum atomic E-state index is 0.616. The normalized spacial score (nSPS) is 19.3. The predicted octanol–water partition coefficient (Wildman–Crippen LogP) is 3.45. The molecule has 1 N–H and O–H groups in total. The van der Waals surface area contributed by atoms with Crippen molar-refractivity contribution < 1.29 is 0 Å². The van der Waals surface area contributed by atoms with Crippen LogP contribution in [-0.4, -0.2) is 18.1 Å². The molecular weight excluding hydrogens is 240 g/mol. The van der Waals surface area contributed by atoms with Crippen LogP contribution in [0.25, 0.3) is 10.6 Å². The Morgan fingerprint density at radius 1 is 1.33 bits per heavy atom. The van der Waals surface area contributed by atoms with Crippen LogP contribution in [0.5, 0.6) is 0 Å². The van der Waals surface area contributed by atoms with Crippen molar-refractivity contribution >= 4 is 11.3 Å². The second kappa shape index (κ2) is 5.21. The molecule has 1 aliphatic heterocycles. The van der Waals surface area contributed by atoms with E-state index in [1.807, 2.05) is 0 Å². The average molecular weight is 258 g/mol. The van der Waals surface area contributed by atoms with Gasteiger partial charge in [0.25, 0.3) is 0 Å². The molecule has 2 nitrogen and oxygen atoms in total. The van der Waals surface area contributed by atoms with Gasteiger partial charge in [0.2, 0.25) is 0 Å². The topological polar surface area (TPSA) is 24.9 Å². The predicted molar refractivity (Wildman–Crippen MR) is 77.2 cm³/mol. The summed E-state index contributed by atoms with van der Waals surface area (Å²) < 4.78 is 0. The van der Waals surface area contributed by atoms with Gasteiger partial charge in [-0.2, -0.15) is 0 Å². The molecule has 2 aromatic rings. The number of nitrogens with one attached hydrogen (secondary N) is 1. The second-order valence-electron chi connectivity index (χ2n) is 4.82. The summed E-state index contributed by atoms with van der Waals surface area (Å²) in [4.78, 5) is 4.80. The van der Waals surface area contributed by atoms with Gasteiger partial charge < -0.3 is 5.32 Å². The highest BCUT2D eigenvalue weighted by Crippen LogP contribution is 2.29. The molecular formula is C15H18N2S. The molecule has 0 saturated carbocycles. The molecule has 94 valence electrons. The smallest absolute Gasteiger partial charge is 0.123 e. The molecule has 1 unspecified atom stereocenters. The first kappa shape index (κ1) is 11.9. The quantitative estimate of drug-likeness (QED) is 0.912. The maximum absolute atomic E-state index is 4.80. The van der Waals surface area contributed by atoms with E-state index in [4.69, 9.17) is 4.98 Å². The third-order valence-corrected chi connectivity index (χ3v) is 4.52. The molecule has 3 heteroatoms. The molecule has 1 aromatic heterocycles. The monoisotopic (exact) mass is 258 g/mol. The molecule has 1 aromatic carbocycles. The molecule has 0 spiro atoms. The summed E-state index contributed by atoms with van der Waals surface area (Å²) in [6.45, 7) is 4.39. The summed E-state index contributed by atoms with van der Waals surface area (Å²) in [6.07, 6.45) is 2.31. The van der Waals surface area contributed by atoms with E-state index in [-0.39, 0.29) is 0 Å². The van der Waals surface area contributed by atoms with Gasteiger partial charge in [-0.25, -0.2) is 4.98 Å². The Kier molecular flexibility index (Phi) is 3.43. The Hall–Kier alpha value is -1.19. The van der Waals surface area contributed by atoms with Crippen LogP contribution in [0.2, 0.25) is 0 Å². The number of benzene rings is 1. The summed E-state index contributed by atoms with van der Waals surface area (Å²) >= 11 is 1.76. The highest BCUT2D eigenvalue weighted by atomic mass is 32.1. The van der Waals surface area contributed by atoms with Crippen molar-refractivity contribution in [2.24, 2.45) is 0 Å². The van der Waals surface area contributed by atoms with Crippen LogP contribution < -0.4 is 5.32 Å². The molecule has 0 bridgehead atoms. The zero-order chi connectivity index (χ0) is 12.4. The van der Waals surface area contributed by atoms with Crippen LogP contribution in [0.1, 0.15) is 30.5 Å². The Bertz CT molecular complexity index is 510. The average Bonchev–Trinajstić information content (AvgIpc) is 3.09. The Morgan fingerprint density at radius 3 is 2.83 bits per heavy atom. The summed E-state index contributed by atoms with van der Waals surface area (Å²) in [5.41, 5.74) is 3.89. The molecule has 0 aliphatic carbocycles. The molecule has 1 aliphatic rings. The Morgan fingerprint density at radius 2 is 2.17 bits per heavy atom. The van der Waals surface area contributed by atoms with Crippen molar-refractivity contribution in [3.8, 4) is 10.6 Å². The fourth-order valence-electron chi connectivity index (χ4n) is 2.40. The Balaban J connectivity index is 1.82. The lowest BCUT2D eigenvalue weighted by atomic mass is 10.1. The molecule has 2 heterocycles. The molecule has 0 radical (unpaired) electrons. The summed E-state index contributed by atoms with van der Waals surface area (Å²) in [5, 5.41) is 6.77. The van der Waals surface area contributed by atoms with Crippen molar-refractivity contribution in [1.29, 1.82) is 0 Å². The minimum Gasteiger partial charge on any atom is -0.316 e. The lowest BCUT2D eigenvalue weighted by molar-refractivity contribution is 0.742. The van der Waals surface area contributed by atoms with Gasteiger partial charge in [0.1, 0.15) is 5.01 Å². The SMILES string of the molecule is CCc1ccc(-c2nc(C3CCNC3)cs2)cc1. The van der Waals surface area contributed by atoms with Crippen LogP contribution in [-0.2, 0) is 6.42 Å². The molecule has 1 fully saturated rings. The van der Waals surface area contributed by atoms with Gasteiger partial charge in [0, 0.05) is 23.4 Å². The van der Waals surface area contributed by atoms with Gasteiger partial charge in [-0.1, -0.05) is 31.2 Å². The van der Waals surface area contributed by atoms with Gasteiger partial charge in [-0.05, 0) is 24.9 Å². The second-order valence-corrected chi connectivity index (χ2v) is 5.68. The van der Waals surface area contributed by atoms with Gasteiger partial charge in [-0.3, -0.25) is 0 Å². The van der Waals surface area contributed by atoms with Crippen molar-refractivity contribution in [3.05, 3.63) is 40.9 Å². The van der Waals surface area contributed by atoms with Gasteiger partial charge in [0.05, 0.1) is 5.69 Å². The van der Waals surface area contributed by atoms with Crippen LogP contribution in [0, 0.1) is 0 Å². The molecule has 18 heavy (non-hydrogen) atoms. The minimum absolute atomic E-state index is 0.616. The van der Waals surface area contributed by atoms with Gasteiger partial charge in [0.15, 0.2) is 0 Å². The lowest BCUT2D eigenvalue weighted by Crippen LogP contribution is -2.08. The first-order valence-corrected chi connectivity index (χ1v) is 7.50. The molecule has 0 amide bonds. The van der Waals surface area contributed by atoms with Gasteiger partial charge >= 0.3 is 0 Å². The number of thiazole rings is 1. The third-order valence-electron chi connectivity index (χ3n) is 3.61. The third kappa shape index (κ3) is 2.33. The molecule has 1 saturated heterocycles. The van der Waals surface area contributed by atoms with Crippen LogP contribution in [0.15, 0.2) is 29.6 Å².